The van der Waals surface area contributed by atoms with Crippen molar-refractivity contribution < 1.29 is 13.9 Å². The van der Waals surface area contributed by atoms with Crippen LogP contribution in [0.1, 0.15) is 15.5 Å². The number of halogens is 1. The fourth-order valence-electron chi connectivity index (χ4n) is 4.70. The number of ether oxygens (including phenoxy) is 1. The van der Waals surface area contributed by atoms with Crippen LogP contribution in [0.25, 0.3) is 17.1 Å². The van der Waals surface area contributed by atoms with Gasteiger partial charge in [0.15, 0.2) is 11.0 Å². The number of hydrogen-bond donors (Lipinski definition) is 0. The standard InChI is InChI=1S/C29H26FN7O2S2/c1-39-25-11-5-4-10-24(25)37-27(20-7-6-12-31-17-20)33-34-29(37)41-19-26-32-22(18-40-26)28(38)36-15-13-35(14-16-36)23-9-3-2-8-21(23)30/h2-12,17-18H,13-16,19H2,1H3. The van der Waals surface area contributed by atoms with Crippen molar-refractivity contribution in [3.8, 4) is 22.8 Å². The molecule has 1 aliphatic rings. The Kier molecular flexibility index (Phi) is 7.92. The highest BCUT2D eigenvalue weighted by Gasteiger charge is 2.25. The molecule has 0 atom stereocenters. The summed E-state index contributed by atoms with van der Waals surface area (Å²) in [7, 11) is 1.63. The first-order valence-electron chi connectivity index (χ1n) is 13.0. The minimum atomic E-state index is -0.247. The lowest BCUT2D eigenvalue weighted by atomic mass is 10.2. The lowest BCUT2D eigenvalue weighted by molar-refractivity contribution is 0.0741. The van der Waals surface area contributed by atoms with Crippen molar-refractivity contribution in [3.05, 3.63) is 95.0 Å². The fraction of sp³-hybridized carbons (Fsp3) is 0.207. The molecule has 2 aromatic carbocycles. The summed E-state index contributed by atoms with van der Waals surface area (Å²) in [6, 6.07) is 18.2. The van der Waals surface area contributed by atoms with Crippen LogP contribution in [0.4, 0.5) is 10.1 Å². The molecule has 208 valence electrons. The van der Waals surface area contributed by atoms with Crippen LogP contribution in [0.2, 0.25) is 0 Å². The zero-order valence-electron chi connectivity index (χ0n) is 22.2. The first-order valence-corrected chi connectivity index (χ1v) is 14.8. The third kappa shape index (κ3) is 5.66. The summed E-state index contributed by atoms with van der Waals surface area (Å²) in [6.07, 6.45) is 3.46. The van der Waals surface area contributed by atoms with Crippen molar-refractivity contribution >= 4 is 34.7 Å². The summed E-state index contributed by atoms with van der Waals surface area (Å²) in [5, 5.41) is 12.2. The Bertz CT molecular complexity index is 1650. The van der Waals surface area contributed by atoms with E-state index in [2.05, 4.69) is 20.2 Å². The molecular formula is C29H26FN7O2S2. The smallest absolute Gasteiger partial charge is 0.273 e. The number of nitrogens with zero attached hydrogens (tertiary/aromatic N) is 7. The van der Waals surface area contributed by atoms with Gasteiger partial charge in [0.1, 0.15) is 22.3 Å². The fourth-order valence-corrected chi connectivity index (χ4v) is 6.43. The van der Waals surface area contributed by atoms with Gasteiger partial charge in [-0.05, 0) is 36.4 Å². The van der Waals surface area contributed by atoms with Gasteiger partial charge in [-0.15, -0.1) is 21.5 Å². The highest BCUT2D eigenvalue weighted by Crippen LogP contribution is 2.34. The van der Waals surface area contributed by atoms with E-state index in [1.165, 1.54) is 29.2 Å². The van der Waals surface area contributed by atoms with Gasteiger partial charge < -0.3 is 14.5 Å². The first-order chi connectivity index (χ1) is 20.1. The maximum absolute atomic E-state index is 14.2. The molecule has 6 rings (SSSR count). The third-order valence-corrected chi connectivity index (χ3v) is 8.71. The second-order valence-electron chi connectivity index (χ2n) is 9.20. The minimum absolute atomic E-state index is 0.110. The Morgan fingerprint density at radius 1 is 1.00 bits per heavy atom. The number of rotatable bonds is 8. The molecule has 0 saturated carbocycles. The van der Waals surface area contributed by atoms with Crippen molar-refractivity contribution in [1.29, 1.82) is 0 Å². The Labute approximate surface area is 244 Å². The molecule has 0 unspecified atom stereocenters. The number of benzene rings is 2. The maximum atomic E-state index is 14.2. The number of aromatic nitrogens is 5. The Hall–Kier alpha value is -4.29. The van der Waals surface area contributed by atoms with E-state index in [-0.39, 0.29) is 11.7 Å². The molecule has 0 bridgehead atoms. The molecule has 0 N–H and O–H groups in total. The number of hydrogen-bond acceptors (Lipinski definition) is 9. The highest BCUT2D eigenvalue weighted by molar-refractivity contribution is 7.98. The van der Waals surface area contributed by atoms with E-state index < -0.39 is 0 Å². The molecule has 1 amide bonds. The van der Waals surface area contributed by atoms with Crippen LogP contribution in [0.15, 0.2) is 83.6 Å². The average Bonchev–Trinajstić information content (AvgIpc) is 3.68. The van der Waals surface area contributed by atoms with Crippen molar-refractivity contribution in [1.82, 2.24) is 29.6 Å². The third-order valence-electron chi connectivity index (χ3n) is 6.73. The van der Waals surface area contributed by atoms with E-state index in [0.29, 0.717) is 60.0 Å². The summed E-state index contributed by atoms with van der Waals surface area (Å²) in [5.41, 5.74) is 2.63. The Morgan fingerprint density at radius 3 is 2.54 bits per heavy atom. The van der Waals surface area contributed by atoms with Crippen molar-refractivity contribution in [2.45, 2.75) is 10.9 Å². The number of piperazine rings is 1. The molecule has 3 aromatic heterocycles. The number of carbonyl (C=O) groups excluding carboxylic acids is 1. The zero-order valence-corrected chi connectivity index (χ0v) is 23.8. The molecule has 5 aromatic rings. The van der Waals surface area contributed by atoms with E-state index in [9.17, 15) is 9.18 Å². The summed E-state index contributed by atoms with van der Waals surface area (Å²) in [4.78, 5) is 25.8. The number of pyridine rings is 1. The van der Waals surface area contributed by atoms with E-state index in [1.54, 1.807) is 41.9 Å². The normalized spacial score (nSPS) is 13.4. The Morgan fingerprint density at radius 2 is 1.78 bits per heavy atom. The largest absolute Gasteiger partial charge is 0.495 e. The van der Waals surface area contributed by atoms with Crippen molar-refractivity contribution in [3.63, 3.8) is 0 Å². The summed E-state index contributed by atoms with van der Waals surface area (Å²) in [6.45, 7) is 2.15. The van der Waals surface area contributed by atoms with Gasteiger partial charge in [-0.2, -0.15) is 0 Å². The van der Waals surface area contributed by atoms with Crippen LogP contribution in [0.5, 0.6) is 5.75 Å². The lowest BCUT2D eigenvalue weighted by Gasteiger charge is -2.35. The quantitative estimate of drug-likeness (QED) is 0.229. The van der Waals surface area contributed by atoms with Crippen LogP contribution in [0, 0.1) is 5.82 Å². The maximum Gasteiger partial charge on any atom is 0.273 e. The second-order valence-corrected chi connectivity index (χ2v) is 11.1. The van der Waals surface area contributed by atoms with Gasteiger partial charge in [0.2, 0.25) is 0 Å². The van der Waals surface area contributed by atoms with E-state index in [1.807, 2.05) is 51.9 Å². The predicted octanol–water partition coefficient (Wildman–Crippen LogP) is 5.19. The molecule has 4 heterocycles. The van der Waals surface area contributed by atoms with Crippen molar-refractivity contribution in [2.75, 3.05) is 38.2 Å². The molecule has 0 aliphatic carbocycles. The summed E-state index contributed by atoms with van der Waals surface area (Å²) in [5.74, 6) is 1.50. The predicted molar refractivity (Wildman–Crippen MR) is 157 cm³/mol. The number of amides is 1. The number of thioether (sulfide) groups is 1. The molecule has 1 fully saturated rings. The monoisotopic (exact) mass is 587 g/mol. The van der Waals surface area contributed by atoms with Crippen LogP contribution >= 0.6 is 23.1 Å². The molecule has 0 spiro atoms. The molecule has 1 saturated heterocycles. The van der Waals surface area contributed by atoms with Gasteiger partial charge in [0, 0.05) is 49.5 Å². The van der Waals surface area contributed by atoms with E-state index in [0.717, 1.165) is 16.3 Å². The minimum Gasteiger partial charge on any atom is -0.495 e. The first kappa shape index (κ1) is 26.9. The molecule has 1 aliphatic heterocycles. The van der Waals surface area contributed by atoms with Gasteiger partial charge in [-0.3, -0.25) is 14.3 Å². The number of anilines is 1. The molecular weight excluding hydrogens is 561 g/mol. The van der Waals surface area contributed by atoms with E-state index in [4.69, 9.17) is 4.74 Å². The topological polar surface area (TPSA) is 89.3 Å². The SMILES string of the molecule is COc1ccccc1-n1c(SCc2nc(C(=O)N3CCN(c4ccccc4F)CC3)cs2)nnc1-c1cccnc1. The number of carbonyl (C=O) groups is 1. The summed E-state index contributed by atoms with van der Waals surface area (Å²) >= 11 is 2.93. The molecule has 12 heteroatoms. The van der Waals surface area contributed by atoms with Crippen molar-refractivity contribution in [2.24, 2.45) is 0 Å². The summed E-state index contributed by atoms with van der Waals surface area (Å²) < 4.78 is 21.8. The van der Waals surface area contributed by atoms with Gasteiger partial charge in [0.05, 0.1) is 24.2 Å². The molecule has 0 radical (unpaired) electrons. The van der Waals surface area contributed by atoms with Gasteiger partial charge in [-0.25, -0.2) is 9.37 Å². The number of thiazole rings is 1. The lowest BCUT2D eigenvalue weighted by Crippen LogP contribution is -2.49. The van der Waals surface area contributed by atoms with Crippen LogP contribution in [0.3, 0.4) is 0 Å². The van der Waals surface area contributed by atoms with Crippen LogP contribution in [-0.2, 0) is 5.75 Å². The molecule has 41 heavy (non-hydrogen) atoms. The van der Waals surface area contributed by atoms with Crippen LogP contribution in [-0.4, -0.2) is 68.8 Å². The van der Waals surface area contributed by atoms with Gasteiger partial charge >= 0.3 is 0 Å². The van der Waals surface area contributed by atoms with Crippen LogP contribution < -0.4 is 9.64 Å². The number of para-hydroxylation sites is 3. The Balaban J connectivity index is 1.16. The van der Waals surface area contributed by atoms with E-state index >= 15 is 0 Å². The molecule has 9 nitrogen and oxygen atoms in total. The second kappa shape index (κ2) is 12.1. The zero-order chi connectivity index (χ0) is 28.2. The average molecular weight is 588 g/mol. The highest BCUT2D eigenvalue weighted by atomic mass is 32.2. The number of methoxy groups -OCH3 is 1. The van der Waals surface area contributed by atoms with Gasteiger partial charge in [-0.1, -0.05) is 36.0 Å². The van der Waals surface area contributed by atoms with Gasteiger partial charge in [0.25, 0.3) is 5.91 Å².